The minimum absolute atomic E-state index is 0.437. The van der Waals surface area contributed by atoms with Gasteiger partial charge in [-0.3, -0.25) is 0 Å². The largest absolute Gasteiger partial charge is 0.508 e. The Labute approximate surface area is 103 Å². The van der Waals surface area contributed by atoms with E-state index in [9.17, 15) is 5.11 Å². The summed E-state index contributed by atoms with van der Waals surface area (Å²) in [7, 11) is 0. The van der Waals surface area contributed by atoms with Crippen LogP contribution in [0.1, 0.15) is 43.7 Å². The molecule has 0 aliphatic rings. The molecule has 2 heteroatoms. The van der Waals surface area contributed by atoms with Crippen LogP contribution in [0.5, 0.6) is 5.75 Å². The van der Waals surface area contributed by atoms with Crippen molar-refractivity contribution >= 4 is 11.8 Å². The Balaban J connectivity index is 2.23. The van der Waals surface area contributed by atoms with Crippen molar-refractivity contribution in [2.24, 2.45) is 0 Å². The van der Waals surface area contributed by atoms with Crippen LogP contribution in [0, 0.1) is 6.92 Å². The Morgan fingerprint density at radius 1 is 1.19 bits per heavy atom. The van der Waals surface area contributed by atoms with Crippen LogP contribution < -0.4 is 0 Å². The molecule has 1 aromatic rings. The van der Waals surface area contributed by atoms with Crippen LogP contribution >= 0.6 is 11.8 Å². The fraction of sp³-hybridized carbons (Fsp3) is 0.571. The molecule has 1 rings (SSSR count). The number of unbranched alkanes of at least 4 members (excludes halogenated alkanes) is 3. The summed E-state index contributed by atoms with van der Waals surface area (Å²) >= 11 is 1.92. The van der Waals surface area contributed by atoms with E-state index in [0.29, 0.717) is 5.75 Å². The number of phenols is 1. The van der Waals surface area contributed by atoms with E-state index < -0.39 is 0 Å². The highest BCUT2D eigenvalue weighted by molar-refractivity contribution is 7.98. The number of phenolic OH excluding ortho intramolecular Hbond substituents is 1. The van der Waals surface area contributed by atoms with Crippen molar-refractivity contribution in [3.63, 3.8) is 0 Å². The van der Waals surface area contributed by atoms with Gasteiger partial charge in [0.05, 0.1) is 0 Å². The Hall–Kier alpha value is -0.630. The van der Waals surface area contributed by atoms with Gasteiger partial charge in [0.1, 0.15) is 5.75 Å². The maximum absolute atomic E-state index is 9.66. The summed E-state index contributed by atoms with van der Waals surface area (Å²) < 4.78 is 0. The molecule has 16 heavy (non-hydrogen) atoms. The van der Waals surface area contributed by atoms with E-state index >= 15 is 0 Å². The smallest absolute Gasteiger partial charge is 0.119 e. The average Bonchev–Trinajstić information content (AvgIpc) is 2.28. The topological polar surface area (TPSA) is 20.2 Å². The second-order valence-corrected chi connectivity index (χ2v) is 5.35. The lowest BCUT2D eigenvalue weighted by molar-refractivity contribution is 0.470. The molecule has 0 amide bonds. The van der Waals surface area contributed by atoms with Crippen LogP contribution in [-0.4, -0.2) is 10.9 Å². The first-order chi connectivity index (χ1) is 7.74. The normalized spacial score (nSPS) is 10.6. The zero-order chi connectivity index (χ0) is 11.8. The van der Waals surface area contributed by atoms with Crippen LogP contribution in [0.3, 0.4) is 0 Å². The summed E-state index contributed by atoms with van der Waals surface area (Å²) in [6.07, 6.45) is 5.27. The van der Waals surface area contributed by atoms with E-state index in [1.54, 1.807) is 6.07 Å². The molecule has 1 nitrogen and oxygen atoms in total. The molecule has 0 aliphatic carbocycles. The quantitative estimate of drug-likeness (QED) is 0.705. The van der Waals surface area contributed by atoms with Gasteiger partial charge in [-0.2, -0.15) is 11.8 Å². The summed E-state index contributed by atoms with van der Waals surface area (Å²) in [5.74, 6) is 2.57. The molecule has 0 aliphatic heterocycles. The molecule has 1 N–H and O–H groups in total. The first-order valence-electron chi connectivity index (χ1n) is 6.10. The van der Waals surface area contributed by atoms with Crippen molar-refractivity contribution in [2.45, 2.75) is 45.3 Å². The van der Waals surface area contributed by atoms with Crippen LogP contribution in [0.15, 0.2) is 18.2 Å². The SMILES string of the molecule is CCCCCCSCc1cc(C)ccc1O. The minimum Gasteiger partial charge on any atom is -0.508 e. The molecular weight excluding hydrogens is 216 g/mol. The molecule has 0 radical (unpaired) electrons. The van der Waals surface area contributed by atoms with E-state index in [-0.39, 0.29) is 0 Å². The molecule has 0 heterocycles. The second kappa shape index (κ2) is 7.61. The number of hydrogen-bond acceptors (Lipinski definition) is 2. The molecule has 1 aromatic carbocycles. The van der Waals surface area contributed by atoms with E-state index in [2.05, 4.69) is 19.9 Å². The van der Waals surface area contributed by atoms with Gasteiger partial charge in [-0.1, -0.05) is 43.9 Å². The molecule has 0 saturated carbocycles. The molecule has 0 fully saturated rings. The van der Waals surface area contributed by atoms with Crippen molar-refractivity contribution in [3.8, 4) is 5.75 Å². The van der Waals surface area contributed by atoms with Gasteiger partial charge >= 0.3 is 0 Å². The molecule has 0 atom stereocenters. The van der Waals surface area contributed by atoms with Gasteiger partial charge in [-0.25, -0.2) is 0 Å². The van der Waals surface area contributed by atoms with Gasteiger partial charge in [-0.15, -0.1) is 0 Å². The fourth-order valence-corrected chi connectivity index (χ4v) is 2.65. The van der Waals surface area contributed by atoms with Gasteiger partial charge in [0, 0.05) is 11.3 Å². The van der Waals surface area contributed by atoms with Gasteiger partial charge in [0.25, 0.3) is 0 Å². The van der Waals surface area contributed by atoms with Gasteiger partial charge in [0.15, 0.2) is 0 Å². The Kier molecular flexibility index (Phi) is 6.39. The zero-order valence-electron chi connectivity index (χ0n) is 10.3. The third-order valence-corrected chi connectivity index (χ3v) is 3.73. The predicted molar refractivity (Wildman–Crippen MR) is 73.1 cm³/mol. The number of hydrogen-bond donors (Lipinski definition) is 1. The molecule has 0 bridgehead atoms. The van der Waals surface area contributed by atoms with Crippen molar-refractivity contribution in [2.75, 3.05) is 5.75 Å². The molecule has 0 unspecified atom stereocenters. The number of aromatic hydroxyl groups is 1. The first kappa shape index (κ1) is 13.4. The standard InChI is InChI=1S/C14H22OS/c1-3-4-5-6-9-16-11-13-10-12(2)7-8-14(13)15/h7-8,10,15H,3-6,9,11H2,1-2H3. The Morgan fingerprint density at radius 3 is 2.75 bits per heavy atom. The Bertz CT molecular complexity index is 310. The lowest BCUT2D eigenvalue weighted by atomic mass is 10.1. The third-order valence-electron chi connectivity index (χ3n) is 2.63. The third kappa shape index (κ3) is 4.93. The zero-order valence-corrected chi connectivity index (χ0v) is 11.1. The number of aryl methyl sites for hydroxylation is 1. The number of rotatable bonds is 7. The van der Waals surface area contributed by atoms with Gasteiger partial charge in [0.2, 0.25) is 0 Å². The fourth-order valence-electron chi connectivity index (χ4n) is 1.64. The van der Waals surface area contributed by atoms with E-state index in [4.69, 9.17) is 0 Å². The summed E-state index contributed by atoms with van der Waals surface area (Å²) in [5.41, 5.74) is 2.29. The van der Waals surface area contributed by atoms with E-state index in [1.807, 2.05) is 17.8 Å². The molecule has 0 spiro atoms. The summed E-state index contributed by atoms with van der Waals surface area (Å²) in [4.78, 5) is 0. The molecular formula is C14H22OS. The highest BCUT2D eigenvalue weighted by atomic mass is 32.2. The molecule has 90 valence electrons. The van der Waals surface area contributed by atoms with Crippen molar-refractivity contribution < 1.29 is 5.11 Å². The van der Waals surface area contributed by atoms with Crippen molar-refractivity contribution in [3.05, 3.63) is 29.3 Å². The van der Waals surface area contributed by atoms with Crippen molar-refractivity contribution in [1.82, 2.24) is 0 Å². The van der Waals surface area contributed by atoms with Gasteiger partial charge in [-0.05, 0) is 25.2 Å². The minimum atomic E-state index is 0.437. The summed E-state index contributed by atoms with van der Waals surface area (Å²) in [5, 5.41) is 9.66. The molecule has 0 saturated heterocycles. The summed E-state index contributed by atoms with van der Waals surface area (Å²) in [6.45, 7) is 4.30. The highest BCUT2D eigenvalue weighted by Gasteiger charge is 2.01. The lowest BCUT2D eigenvalue weighted by Gasteiger charge is -2.05. The number of thioether (sulfide) groups is 1. The predicted octanol–water partition coefficient (Wildman–Crippen LogP) is 4.51. The van der Waals surface area contributed by atoms with Gasteiger partial charge < -0.3 is 5.11 Å². The molecule has 0 aromatic heterocycles. The highest BCUT2D eigenvalue weighted by Crippen LogP contribution is 2.23. The maximum atomic E-state index is 9.66. The van der Waals surface area contributed by atoms with Crippen molar-refractivity contribution in [1.29, 1.82) is 0 Å². The first-order valence-corrected chi connectivity index (χ1v) is 7.25. The second-order valence-electron chi connectivity index (χ2n) is 4.25. The Morgan fingerprint density at radius 2 is 2.00 bits per heavy atom. The monoisotopic (exact) mass is 238 g/mol. The number of benzene rings is 1. The average molecular weight is 238 g/mol. The van der Waals surface area contributed by atoms with Crippen LogP contribution in [-0.2, 0) is 5.75 Å². The lowest BCUT2D eigenvalue weighted by Crippen LogP contribution is -1.86. The van der Waals surface area contributed by atoms with Crippen LogP contribution in [0.25, 0.3) is 0 Å². The van der Waals surface area contributed by atoms with E-state index in [1.165, 1.54) is 37.0 Å². The maximum Gasteiger partial charge on any atom is 0.119 e. The van der Waals surface area contributed by atoms with Crippen LogP contribution in [0.4, 0.5) is 0 Å². The summed E-state index contributed by atoms with van der Waals surface area (Å²) in [6, 6.07) is 5.82. The van der Waals surface area contributed by atoms with Crippen LogP contribution in [0.2, 0.25) is 0 Å². The van der Waals surface area contributed by atoms with E-state index in [0.717, 1.165) is 11.3 Å².